The maximum Gasteiger partial charge on any atom is 0.227 e. The van der Waals surface area contributed by atoms with E-state index in [1.165, 1.54) is 31.9 Å². The number of halogens is 1. The molecule has 2 saturated heterocycles. The van der Waals surface area contributed by atoms with E-state index < -0.39 is 24.2 Å². The smallest absolute Gasteiger partial charge is 0.227 e. The molecule has 0 bridgehead atoms. The molecule has 9 heteroatoms. The second kappa shape index (κ2) is 17.7. The lowest BCUT2D eigenvalue weighted by molar-refractivity contribution is -0.133. The molecule has 0 aromatic carbocycles. The summed E-state index contributed by atoms with van der Waals surface area (Å²) in [4.78, 5) is 35.7. The number of carbonyl (C=O) groups excluding carboxylic acids is 2. The highest BCUT2D eigenvalue weighted by molar-refractivity contribution is 5.81. The maximum absolute atomic E-state index is 14.7. The van der Waals surface area contributed by atoms with Crippen molar-refractivity contribution in [2.75, 3.05) is 39.3 Å². The Morgan fingerprint density at radius 1 is 1.07 bits per heavy atom. The number of carbonyl (C=O) groups is 2. The van der Waals surface area contributed by atoms with E-state index >= 15 is 0 Å². The van der Waals surface area contributed by atoms with Gasteiger partial charge in [0.25, 0.3) is 0 Å². The van der Waals surface area contributed by atoms with E-state index in [9.17, 15) is 14.0 Å². The van der Waals surface area contributed by atoms with Gasteiger partial charge in [-0.05, 0) is 50.6 Å². The van der Waals surface area contributed by atoms with Crippen LogP contribution in [0.3, 0.4) is 0 Å². The number of alkyl halides is 1. The zero-order chi connectivity index (χ0) is 32.2. The summed E-state index contributed by atoms with van der Waals surface area (Å²) in [5, 5.41) is 7.07. The van der Waals surface area contributed by atoms with Gasteiger partial charge < -0.3 is 21.3 Å². The van der Waals surface area contributed by atoms with Crippen LogP contribution < -0.4 is 16.4 Å². The van der Waals surface area contributed by atoms with Crippen LogP contribution in [0.25, 0.3) is 0 Å². The largest absolute Gasteiger partial charge is 0.350 e. The summed E-state index contributed by atoms with van der Waals surface area (Å²) in [5.41, 5.74) is 6.14. The first-order valence-corrected chi connectivity index (χ1v) is 17.7. The second-order valence-electron chi connectivity index (χ2n) is 14.1. The number of hydrogen-bond donors (Lipinski definition) is 3. The fourth-order valence-corrected chi connectivity index (χ4v) is 7.82. The van der Waals surface area contributed by atoms with Crippen LogP contribution in [-0.4, -0.2) is 96.9 Å². The molecule has 3 heterocycles. The fourth-order valence-electron chi connectivity index (χ4n) is 7.82. The fraction of sp³-hybridized carbons (Fsp3) is 0.857. The molecule has 2 fully saturated rings. The lowest BCUT2D eigenvalue weighted by Gasteiger charge is -2.54. The van der Waals surface area contributed by atoms with Gasteiger partial charge in [0, 0.05) is 57.4 Å². The molecule has 4 N–H and O–H groups in total. The third-order valence-electron chi connectivity index (χ3n) is 10.5. The zero-order valence-corrected chi connectivity index (χ0v) is 28.5. The predicted octanol–water partition coefficient (Wildman–Crippen LogP) is 5.02. The lowest BCUT2D eigenvalue weighted by atomic mass is 9.73. The molecule has 7 atom stereocenters. The van der Waals surface area contributed by atoms with Crippen molar-refractivity contribution in [2.24, 2.45) is 22.1 Å². The van der Waals surface area contributed by atoms with Crippen LogP contribution in [0.4, 0.5) is 4.39 Å². The Morgan fingerprint density at radius 2 is 1.73 bits per heavy atom. The highest BCUT2D eigenvalue weighted by atomic mass is 19.1. The van der Waals surface area contributed by atoms with E-state index in [2.05, 4.69) is 36.3 Å². The SMILES string of the molecule is CCCCCCCC1(N2CCN(C(C)=O)CC2)CCNCC1NC(=O)C(C(C)N)C1CC(C)(CCCCC)/C=C\C(F)/C=N\1. The van der Waals surface area contributed by atoms with Crippen molar-refractivity contribution in [3.63, 3.8) is 0 Å². The summed E-state index contributed by atoms with van der Waals surface area (Å²) in [7, 11) is 0. The molecule has 0 aliphatic carbocycles. The van der Waals surface area contributed by atoms with Crippen LogP contribution in [0, 0.1) is 11.3 Å². The third kappa shape index (κ3) is 10.1. The normalized spacial score (nSPS) is 32.7. The van der Waals surface area contributed by atoms with Crippen molar-refractivity contribution < 1.29 is 14.0 Å². The molecule has 0 saturated carbocycles. The Hall–Kier alpha value is -1.84. The van der Waals surface area contributed by atoms with E-state index in [4.69, 9.17) is 10.7 Å². The summed E-state index contributed by atoms with van der Waals surface area (Å²) >= 11 is 0. The van der Waals surface area contributed by atoms with E-state index in [1.54, 1.807) is 13.0 Å². The Bertz CT molecular complexity index is 952. The van der Waals surface area contributed by atoms with Crippen molar-refractivity contribution in [1.82, 2.24) is 20.4 Å². The minimum Gasteiger partial charge on any atom is -0.350 e. The number of rotatable bonds is 15. The van der Waals surface area contributed by atoms with Gasteiger partial charge in [0.1, 0.15) is 0 Å². The van der Waals surface area contributed by atoms with E-state index in [0.29, 0.717) is 13.0 Å². The molecule has 2 amide bonds. The van der Waals surface area contributed by atoms with Crippen LogP contribution in [0.1, 0.15) is 112 Å². The summed E-state index contributed by atoms with van der Waals surface area (Å²) in [6.07, 6.45) is 16.6. The van der Waals surface area contributed by atoms with Crippen molar-refractivity contribution in [3.05, 3.63) is 12.2 Å². The summed E-state index contributed by atoms with van der Waals surface area (Å²) in [5.74, 6) is -0.515. The zero-order valence-electron chi connectivity index (χ0n) is 28.5. The average Bonchev–Trinajstić information content (AvgIpc) is 2.99. The highest BCUT2D eigenvalue weighted by Gasteiger charge is 2.48. The van der Waals surface area contributed by atoms with Crippen molar-refractivity contribution in [1.29, 1.82) is 0 Å². The molecular weight excluding hydrogens is 555 g/mol. The summed E-state index contributed by atoms with van der Waals surface area (Å²) in [6, 6.07) is -0.927. The molecular formula is C35H63FN6O2. The number of amides is 2. The standard InChI is InChI=1S/C35H63FN6O2/c1-6-8-10-11-13-16-35(42-22-20-41(21-23-42)28(4)43)18-19-38-26-31(35)40-33(44)32(27(3)37)30-24-34(5,15-12-9-7-2)17-14-29(36)25-39-30/h14,17,25,27,29-32,38H,6-13,15-16,18-24,26,37H2,1-5H3,(H,40,44)/b17-14-,39-25-. The van der Waals surface area contributed by atoms with Gasteiger partial charge in [0.05, 0.1) is 18.0 Å². The monoisotopic (exact) mass is 618 g/mol. The third-order valence-corrected chi connectivity index (χ3v) is 10.5. The molecule has 3 aliphatic heterocycles. The lowest BCUT2D eigenvalue weighted by Crippen LogP contribution is -2.71. The minimum absolute atomic E-state index is 0.0792. The van der Waals surface area contributed by atoms with E-state index in [-0.39, 0.29) is 28.8 Å². The molecule has 44 heavy (non-hydrogen) atoms. The van der Waals surface area contributed by atoms with Gasteiger partial charge in [-0.25, -0.2) is 4.39 Å². The molecule has 7 unspecified atom stereocenters. The number of allylic oxidation sites excluding steroid dienone is 2. The number of unbranched alkanes of at least 4 members (excludes halogenated alkanes) is 6. The number of nitrogens with two attached hydrogens (primary N) is 1. The van der Waals surface area contributed by atoms with Gasteiger partial charge in [-0.2, -0.15) is 0 Å². The van der Waals surface area contributed by atoms with Crippen molar-refractivity contribution in [2.45, 2.75) is 142 Å². The average molecular weight is 619 g/mol. The first-order valence-electron chi connectivity index (χ1n) is 17.7. The molecule has 0 aromatic heterocycles. The number of nitrogens with one attached hydrogen (secondary N) is 2. The Morgan fingerprint density at radius 3 is 2.39 bits per heavy atom. The molecule has 0 spiro atoms. The second-order valence-corrected chi connectivity index (χ2v) is 14.1. The maximum atomic E-state index is 14.7. The van der Waals surface area contributed by atoms with E-state index in [1.807, 2.05) is 17.9 Å². The number of hydrogen-bond acceptors (Lipinski definition) is 6. The highest BCUT2D eigenvalue weighted by Crippen LogP contribution is 2.38. The predicted molar refractivity (Wildman–Crippen MR) is 180 cm³/mol. The van der Waals surface area contributed by atoms with Gasteiger partial charge in [0.2, 0.25) is 11.8 Å². The molecule has 0 radical (unpaired) electrons. The quantitative estimate of drug-likeness (QED) is 0.177. The molecule has 3 rings (SSSR count). The van der Waals surface area contributed by atoms with Crippen molar-refractivity contribution >= 4 is 18.0 Å². The Labute approximate surface area is 267 Å². The molecule has 3 aliphatic rings. The molecule has 8 nitrogen and oxygen atoms in total. The molecule has 252 valence electrons. The molecule has 0 aromatic rings. The van der Waals surface area contributed by atoms with Crippen LogP contribution in [0.5, 0.6) is 0 Å². The van der Waals surface area contributed by atoms with Crippen LogP contribution in [0.2, 0.25) is 0 Å². The number of aliphatic imine (C=N–C) groups is 1. The topological polar surface area (TPSA) is 103 Å². The van der Waals surface area contributed by atoms with Gasteiger partial charge in [-0.15, -0.1) is 0 Å². The Kier molecular flexibility index (Phi) is 14.8. The van der Waals surface area contributed by atoms with Crippen LogP contribution in [-0.2, 0) is 9.59 Å². The number of piperidine rings is 1. The summed E-state index contributed by atoms with van der Waals surface area (Å²) in [6.45, 7) is 14.8. The number of nitrogens with zero attached hydrogens (tertiary/aromatic N) is 3. The summed E-state index contributed by atoms with van der Waals surface area (Å²) < 4.78 is 14.7. The number of piperazine rings is 1. The van der Waals surface area contributed by atoms with E-state index in [0.717, 1.165) is 77.7 Å². The van der Waals surface area contributed by atoms with Crippen molar-refractivity contribution in [3.8, 4) is 0 Å². The van der Waals surface area contributed by atoms with Gasteiger partial charge in [-0.1, -0.05) is 78.2 Å². The van der Waals surface area contributed by atoms with Crippen LogP contribution in [0.15, 0.2) is 17.1 Å². The first kappa shape index (κ1) is 36.6. The minimum atomic E-state index is -1.27. The first-order chi connectivity index (χ1) is 21.0. The Balaban J connectivity index is 1.85. The van der Waals surface area contributed by atoms with Gasteiger partial charge in [-0.3, -0.25) is 19.5 Å². The van der Waals surface area contributed by atoms with Gasteiger partial charge in [0.15, 0.2) is 6.17 Å². The van der Waals surface area contributed by atoms with Crippen LogP contribution >= 0.6 is 0 Å². The van der Waals surface area contributed by atoms with Gasteiger partial charge >= 0.3 is 0 Å².